The van der Waals surface area contributed by atoms with Crippen molar-refractivity contribution in [2.24, 2.45) is 5.92 Å². The molecule has 0 saturated carbocycles. The highest BCUT2D eigenvalue weighted by molar-refractivity contribution is 4.91. The minimum absolute atomic E-state index is 0.448. The van der Waals surface area contributed by atoms with Gasteiger partial charge in [-0.2, -0.15) is 0 Å². The van der Waals surface area contributed by atoms with Crippen molar-refractivity contribution in [3.05, 3.63) is 12.4 Å². The molecule has 72 valence electrons. The van der Waals surface area contributed by atoms with Gasteiger partial charge in [0.05, 0.1) is 5.82 Å². The molecule has 1 unspecified atom stereocenters. The molecule has 0 aliphatic rings. The molecule has 2 N–H and O–H groups in total. The largest absolute Gasteiger partial charge is 0.370 e. The van der Waals surface area contributed by atoms with Crippen molar-refractivity contribution >= 4 is 0 Å². The van der Waals surface area contributed by atoms with E-state index in [4.69, 9.17) is 0 Å². The zero-order valence-corrected chi connectivity index (χ0v) is 8.94. The summed E-state index contributed by atoms with van der Waals surface area (Å²) >= 11 is 0. The zero-order chi connectivity index (χ0) is 9.72. The SMILES string of the molecule is C=C(NC(C)C)NC(C)C(C)C. The number of nitrogens with one attached hydrogen (secondary N) is 2. The predicted octanol–water partition coefficient (Wildman–Crippen LogP) is 2.09. The lowest BCUT2D eigenvalue weighted by Gasteiger charge is -2.22. The van der Waals surface area contributed by atoms with E-state index in [1.165, 1.54) is 0 Å². The Labute approximate surface area is 76.4 Å². The number of hydrogen-bond acceptors (Lipinski definition) is 2. The maximum Gasteiger partial charge on any atom is 0.0916 e. The van der Waals surface area contributed by atoms with Gasteiger partial charge in [-0.25, -0.2) is 0 Å². The van der Waals surface area contributed by atoms with Crippen LogP contribution in [0.25, 0.3) is 0 Å². The summed E-state index contributed by atoms with van der Waals surface area (Å²) in [6, 6.07) is 0.924. The molecule has 2 nitrogen and oxygen atoms in total. The smallest absolute Gasteiger partial charge is 0.0916 e. The van der Waals surface area contributed by atoms with Crippen LogP contribution in [0.5, 0.6) is 0 Å². The van der Waals surface area contributed by atoms with Crippen LogP contribution < -0.4 is 10.6 Å². The van der Waals surface area contributed by atoms with Gasteiger partial charge in [-0.15, -0.1) is 0 Å². The third-order valence-electron chi connectivity index (χ3n) is 1.86. The van der Waals surface area contributed by atoms with Gasteiger partial charge in [0, 0.05) is 12.1 Å². The fourth-order valence-corrected chi connectivity index (χ4v) is 0.832. The Balaban J connectivity index is 3.69. The summed E-state index contributed by atoms with van der Waals surface area (Å²) in [5.74, 6) is 1.56. The van der Waals surface area contributed by atoms with Crippen molar-refractivity contribution in [1.82, 2.24) is 10.6 Å². The van der Waals surface area contributed by atoms with E-state index in [2.05, 4.69) is 51.8 Å². The van der Waals surface area contributed by atoms with Crippen molar-refractivity contribution in [3.63, 3.8) is 0 Å². The van der Waals surface area contributed by atoms with E-state index in [0.717, 1.165) is 5.82 Å². The molecule has 12 heavy (non-hydrogen) atoms. The first kappa shape index (κ1) is 11.3. The molecule has 0 heterocycles. The predicted molar refractivity (Wildman–Crippen MR) is 54.8 cm³/mol. The Kier molecular flexibility index (Phi) is 4.79. The van der Waals surface area contributed by atoms with Crippen molar-refractivity contribution < 1.29 is 0 Å². The molecule has 0 aliphatic carbocycles. The summed E-state index contributed by atoms with van der Waals surface area (Å²) in [6.07, 6.45) is 0. The van der Waals surface area contributed by atoms with Crippen LogP contribution in [-0.4, -0.2) is 12.1 Å². The maximum absolute atomic E-state index is 3.90. The Bertz CT molecular complexity index is 139. The molecular weight excluding hydrogens is 148 g/mol. The fourth-order valence-electron chi connectivity index (χ4n) is 0.832. The van der Waals surface area contributed by atoms with Gasteiger partial charge >= 0.3 is 0 Å². The molecule has 2 heteroatoms. The summed E-state index contributed by atoms with van der Waals surface area (Å²) in [5, 5.41) is 6.53. The van der Waals surface area contributed by atoms with E-state index in [0.29, 0.717) is 18.0 Å². The van der Waals surface area contributed by atoms with Crippen LogP contribution in [-0.2, 0) is 0 Å². The van der Waals surface area contributed by atoms with Crippen LogP contribution >= 0.6 is 0 Å². The van der Waals surface area contributed by atoms with E-state index in [1.54, 1.807) is 0 Å². The second kappa shape index (κ2) is 5.07. The van der Waals surface area contributed by atoms with Gasteiger partial charge in [-0.05, 0) is 26.7 Å². The minimum atomic E-state index is 0.448. The van der Waals surface area contributed by atoms with Gasteiger partial charge in [-0.1, -0.05) is 20.4 Å². The second-order valence-electron chi connectivity index (χ2n) is 3.95. The van der Waals surface area contributed by atoms with E-state index in [1.807, 2.05) is 0 Å². The molecule has 0 aliphatic heterocycles. The highest BCUT2D eigenvalue weighted by Crippen LogP contribution is 2.00. The normalized spacial score (nSPS) is 13.2. The molecule has 0 spiro atoms. The highest BCUT2D eigenvalue weighted by atomic mass is 15.1. The van der Waals surface area contributed by atoms with Crippen LogP contribution in [0.15, 0.2) is 12.4 Å². The van der Waals surface area contributed by atoms with Gasteiger partial charge in [-0.3, -0.25) is 0 Å². The Hall–Kier alpha value is -0.660. The molecule has 0 bridgehead atoms. The fraction of sp³-hybridized carbons (Fsp3) is 0.800. The quantitative estimate of drug-likeness (QED) is 0.660. The van der Waals surface area contributed by atoms with Crippen LogP contribution in [0, 0.1) is 5.92 Å². The van der Waals surface area contributed by atoms with Crippen LogP contribution in [0.3, 0.4) is 0 Å². The average molecular weight is 170 g/mol. The molecule has 0 aromatic rings. The van der Waals surface area contributed by atoms with Gasteiger partial charge in [0.15, 0.2) is 0 Å². The highest BCUT2D eigenvalue weighted by Gasteiger charge is 2.06. The summed E-state index contributed by atoms with van der Waals surface area (Å²) in [6.45, 7) is 14.7. The number of hydrogen-bond donors (Lipinski definition) is 2. The molecular formula is C10H22N2. The van der Waals surface area contributed by atoms with Gasteiger partial charge < -0.3 is 10.6 Å². The van der Waals surface area contributed by atoms with Crippen LogP contribution in [0.2, 0.25) is 0 Å². The lowest BCUT2D eigenvalue weighted by Crippen LogP contribution is -2.37. The summed E-state index contributed by atoms with van der Waals surface area (Å²) < 4.78 is 0. The van der Waals surface area contributed by atoms with Crippen molar-refractivity contribution in [2.45, 2.75) is 46.7 Å². The van der Waals surface area contributed by atoms with E-state index < -0.39 is 0 Å². The van der Waals surface area contributed by atoms with Crippen LogP contribution in [0.1, 0.15) is 34.6 Å². The summed E-state index contributed by atoms with van der Waals surface area (Å²) in [4.78, 5) is 0. The topological polar surface area (TPSA) is 24.1 Å². The maximum atomic E-state index is 3.90. The van der Waals surface area contributed by atoms with Gasteiger partial charge in [0.25, 0.3) is 0 Å². The van der Waals surface area contributed by atoms with Crippen molar-refractivity contribution in [2.75, 3.05) is 0 Å². The second-order valence-corrected chi connectivity index (χ2v) is 3.95. The van der Waals surface area contributed by atoms with E-state index in [-0.39, 0.29) is 0 Å². The number of rotatable bonds is 5. The first-order valence-corrected chi connectivity index (χ1v) is 4.65. The summed E-state index contributed by atoms with van der Waals surface area (Å²) in [7, 11) is 0. The Morgan fingerprint density at radius 2 is 1.50 bits per heavy atom. The molecule has 0 radical (unpaired) electrons. The first-order valence-electron chi connectivity index (χ1n) is 4.65. The monoisotopic (exact) mass is 170 g/mol. The first-order chi connectivity index (χ1) is 5.43. The van der Waals surface area contributed by atoms with Crippen molar-refractivity contribution in [1.29, 1.82) is 0 Å². The summed E-state index contributed by atoms with van der Waals surface area (Å²) in [5.41, 5.74) is 0. The molecule has 0 rings (SSSR count). The van der Waals surface area contributed by atoms with E-state index >= 15 is 0 Å². The molecule has 0 amide bonds. The molecule has 0 aromatic carbocycles. The van der Waals surface area contributed by atoms with Crippen LogP contribution in [0.4, 0.5) is 0 Å². The van der Waals surface area contributed by atoms with Gasteiger partial charge in [0.1, 0.15) is 0 Å². The lowest BCUT2D eigenvalue weighted by molar-refractivity contribution is 0.441. The Morgan fingerprint density at radius 3 is 1.83 bits per heavy atom. The minimum Gasteiger partial charge on any atom is -0.370 e. The van der Waals surface area contributed by atoms with Crippen molar-refractivity contribution in [3.8, 4) is 0 Å². The Morgan fingerprint density at radius 1 is 1.00 bits per heavy atom. The molecule has 0 fully saturated rings. The zero-order valence-electron chi connectivity index (χ0n) is 8.94. The molecule has 0 aromatic heterocycles. The third-order valence-corrected chi connectivity index (χ3v) is 1.86. The van der Waals surface area contributed by atoms with E-state index in [9.17, 15) is 0 Å². The average Bonchev–Trinajstić information content (AvgIpc) is 1.84. The third kappa shape index (κ3) is 5.05. The lowest BCUT2D eigenvalue weighted by atomic mass is 10.1. The van der Waals surface area contributed by atoms with Gasteiger partial charge in [0.2, 0.25) is 0 Å². The standard InChI is InChI=1S/C10H22N2/c1-7(2)9(5)12-10(6)11-8(3)4/h7-9,11-12H,6H2,1-5H3. The molecule has 1 atom stereocenters. The molecule has 0 saturated heterocycles.